The van der Waals surface area contributed by atoms with E-state index in [1.807, 2.05) is 26.0 Å². The highest BCUT2D eigenvalue weighted by molar-refractivity contribution is 7.18. The Kier molecular flexibility index (Phi) is 6.69. The Balaban J connectivity index is 2.43. The van der Waals surface area contributed by atoms with Crippen LogP contribution in [0.2, 0.25) is 0 Å². The van der Waals surface area contributed by atoms with E-state index in [1.165, 1.54) is 11.3 Å². The summed E-state index contributed by atoms with van der Waals surface area (Å²) in [5, 5.41) is 3.58. The van der Waals surface area contributed by atoms with Crippen LogP contribution >= 0.6 is 11.3 Å². The minimum atomic E-state index is -0.173. The molecule has 0 atom stereocenters. The fourth-order valence-corrected chi connectivity index (χ4v) is 2.30. The van der Waals surface area contributed by atoms with Crippen LogP contribution in [0.4, 0.5) is 10.9 Å². The minimum absolute atomic E-state index is 0.173. The molecule has 0 saturated heterocycles. The maximum Gasteiger partial charge on any atom is 0.265 e. The molecule has 7 nitrogen and oxygen atoms in total. The molecule has 20 heavy (non-hydrogen) atoms. The van der Waals surface area contributed by atoms with Gasteiger partial charge in [-0.25, -0.2) is 4.98 Å². The van der Waals surface area contributed by atoms with Gasteiger partial charge in [-0.3, -0.25) is 4.79 Å². The summed E-state index contributed by atoms with van der Waals surface area (Å²) >= 11 is 1.29. The van der Waals surface area contributed by atoms with Gasteiger partial charge in [-0.05, 0) is 7.05 Å². The molecule has 0 aliphatic rings. The molecule has 0 saturated carbocycles. The molecule has 0 aromatic carbocycles. The number of thiazole rings is 1. The summed E-state index contributed by atoms with van der Waals surface area (Å²) in [4.78, 5) is 20.5. The number of carbonyl (C=O) groups excluding carboxylic acids is 1. The van der Waals surface area contributed by atoms with Crippen LogP contribution in [0.1, 0.15) is 9.67 Å². The van der Waals surface area contributed by atoms with E-state index in [2.05, 4.69) is 15.2 Å². The fourth-order valence-electron chi connectivity index (χ4n) is 1.47. The third-order valence-corrected chi connectivity index (χ3v) is 3.92. The highest BCUT2D eigenvalue weighted by Gasteiger charge is 2.16. The van der Waals surface area contributed by atoms with E-state index in [9.17, 15) is 4.79 Å². The number of ether oxygens (including phenoxy) is 1. The molecule has 0 spiro atoms. The van der Waals surface area contributed by atoms with Crippen molar-refractivity contribution >= 4 is 28.2 Å². The molecule has 0 bridgehead atoms. The van der Waals surface area contributed by atoms with Gasteiger partial charge in [-0.2, -0.15) is 0 Å². The van der Waals surface area contributed by atoms with Crippen LogP contribution < -0.4 is 16.0 Å². The van der Waals surface area contributed by atoms with Crippen molar-refractivity contribution in [1.29, 1.82) is 0 Å². The smallest absolute Gasteiger partial charge is 0.265 e. The van der Waals surface area contributed by atoms with Crippen LogP contribution in [0, 0.1) is 0 Å². The summed E-state index contributed by atoms with van der Waals surface area (Å²) in [7, 11) is 7.39. The third kappa shape index (κ3) is 4.95. The van der Waals surface area contributed by atoms with Crippen molar-refractivity contribution in [2.24, 2.45) is 0 Å². The second-order valence-corrected chi connectivity index (χ2v) is 5.63. The molecule has 0 aliphatic heterocycles. The summed E-state index contributed by atoms with van der Waals surface area (Å²) in [6.07, 6.45) is 0. The molecule has 1 heterocycles. The Morgan fingerprint density at radius 1 is 1.40 bits per heavy atom. The van der Waals surface area contributed by atoms with Gasteiger partial charge in [0.05, 0.1) is 6.61 Å². The number of nitrogens with one attached hydrogen (secondary N) is 1. The van der Waals surface area contributed by atoms with E-state index in [-0.39, 0.29) is 11.7 Å². The average Bonchev–Trinajstić information content (AvgIpc) is 2.78. The highest BCUT2D eigenvalue weighted by Crippen LogP contribution is 2.26. The number of nitrogens with zero attached hydrogens (tertiary/aromatic N) is 3. The monoisotopic (exact) mass is 301 g/mol. The normalized spacial score (nSPS) is 10.8. The van der Waals surface area contributed by atoms with Crippen molar-refractivity contribution in [1.82, 2.24) is 15.2 Å². The zero-order valence-corrected chi connectivity index (χ0v) is 13.3. The minimum Gasteiger partial charge on any atom is -0.383 e. The average molecular weight is 301 g/mol. The molecular formula is C12H23N5O2S. The van der Waals surface area contributed by atoms with Crippen molar-refractivity contribution in [3.63, 3.8) is 0 Å². The molecule has 0 aliphatic carbocycles. The standard InChI is InChI=1S/C12H23N5O2S/c1-16(2)12-15-10(13)9(20-12)11(18)14-5-6-17(3)7-8-19-4/h5-8,13H2,1-4H3,(H,14,18). The van der Waals surface area contributed by atoms with E-state index < -0.39 is 0 Å². The Morgan fingerprint density at radius 2 is 2.10 bits per heavy atom. The fraction of sp³-hybridized carbons (Fsp3) is 0.667. The summed E-state index contributed by atoms with van der Waals surface area (Å²) < 4.78 is 4.99. The summed E-state index contributed by atoms with van der Waals surface area (Å²) in [5.74, 6) is 0.108. The molecular weight excluding hydrogens is 278 g/mol. The zero-order valence-electron chi connectivity index (χ0n) is 12.5. The molecule has 1 aromatic heterocycles. The highest BCUT2D eigenvalue weighted by atomic mass is 32.1. The number of aromatic nitrogens is 1. The molecule has 0 radical (unpaired) electrons. The van der Waals surface area contributed by atoms with E-state index >= 15 is 0 Å². The van der Waals surface area contributed by atoms with E-state index in [0.29, 0.717) is 18.0 Å². The zero-order chi connectivity index (χ0) is 15.1. The third-order valence-electron chi connectivity index (χ3n) is 2.69. The molecule has 1 aromatic rings. The lowest BCUT2D eigenvalue weighted by atomic mass is 10.4. The van der Waals surface area contributed by atoms with Gasteiger partial charge < -0.3 is 25.6 Å². The van der Waals surface area contributed by atoms with Crippen LogP contribution in [0.15, 0.2) is 0 Å². The number of hydrogen-bond acceptors (Lipinski definition) is 7. The second kappa shape index (κ2) is 8.03. The van der Waals surface area contributed by atoms with Crippen LogP contribution in [0.3, 0.4) is 0 Å². The summed E-state index contributed by atoms with van der Waals surface area (Å²) in [6.45, 7) is 2.83. The maximum absolute atomic E-state index is 12.0. The van der Waals surface area contributed by atoms with Gasteiger partial charge in [0.2, 0.25) is 0 Å². The van der Waals surface area contributed by atoms with Gasteiger partial charge >= 0.3 is 0 Å². The van der Waals surface area contributed by atoms with Crippen LogP contribution in [-0.2, 0) is 4.74 Å². The quantitative estimate of drug-likeness (QED) is 0.708. The van der Waals surface area contributed by atoms with Gasteiger partial charge in [0.15, 0.2) is 5.13 Å². The molecule has 8 heteroatoms. The number of nitrogen functional groups attached to an aromatic ring is 1. The van der Waals surface area contributed by atoms with Gasteiger partial charge in [-0.15, -0.1) is 0 Å². The first-order chi connectivity index (χ1) is 9.45. The summed E-state index contributed by atoms with van der Waals surface area (Å²) in [6, 6.07) is 0. The van der Waals surface area contributed by atoms with Crippen molar-refractivity contribution < 1.29 is 9.53 Å². The van der Waals surface area contributed by atoms with E-state index in [4.69, 9.17) is 10.5 Å². The van der Waals surface area contributed by atoms with Gasteiger partial charge in [-0.1, -0.05) is 11.3 Å². The predicted molar refractivity (Wildman–Crippen MR) is 82.6 cm³/mol. The van der Waals surface area contributed by atoms with Crippen LogP contribution in [-0.4, -0.2) is 70.3 Å². The Labute approximate surface area is 123 Å². The van der Waals surface area contributed by atoms with E-state index in [1.54, 1.807) is 7.11 Å². The lowest BCUT2D eigenvalue weighted by molar-refractivity contribution is 0.0952. The van der Waals surface area contributed by atoms with Crippen molar-refractivity contribution in [3.8, 4) is 0 Å². The molecule has 1 rings (SSSR count). The van der Waals surface area contributed by atoms with Gasteiger partial charge in [0, 0.05) is 40.8 Å². The maximum atomic E-state index is 12.0. The Hall–Kier alpha value is -1.38. The molecule has 3 N–H and O–H groups in total. The number of rotatable bonds is 8. The Morgan fingerprint density at radius 3 is 2.65 bits per heavy atom. The lowest BCUT2D eigenvalue weighted by Gasteiger charge is -2.15. The van der Waals surface area contributed by atoms with Gasteiger partial charge in [0.1, 0.15) is 10.7 Å². The largest absolute Gasteiger partial charge is 0.383 e. The first-order valence-electron chi connectivity index (χ1n) is 6.35. The predicted octanol–water partition coefficient (Wildman–Crippen LogP) is 0.0993. The summed E-state index contributed by atoms with van der Waals surface area (Å²) in [5.41, 5.74) is 5.76. The first-order valence-corrected chi connectivity index (χ1v) is 7.16. The van der Waals surface area contributed by atoms with Crippen LogP contribution in [0.25, 0.3) is 0 Å². The molecule has 0 fully saturated rings. The lowest BCUT2D eigenvalue weighted by Crippen LogP contribution is -2.34. The van der Waals surface area contributed by atoms with Crippen LogP contribution in [0.5, 0.6) is 0 Å². The van der Waals surface area contributed by atoms with Crippen molar-refractivity contribution in [2.45, 2.75) is 0 Å². The number of likely N-dealkylation sites (N-methyl/N-ethyl adjacent to an activating group) is 1. The van der Waals surface area contributed by atoms with Gasteiger partial charge in [0.25, 0.3) is 5.91 Å². The molecule has 114 valence electrons. The number of amides is 1. The number of hydrogen-bond donors (Lipinski definition) is 2. The molecule has 1 amide bonds. The topological polar surface area (TPSA) is 83.7 Å². The molecule has 0 unspecified atom stereocenters. The van der Waals surface area contributed by atoms with E-state index in [0.717, 1.165) is 18.2 Å². The SMILES string of the molecule is COCCN(C)CCNC(=O)c1sc(N(C)C)nc1N. The van der Waals surface area contributed by atoms with Crippen molar-refractivity contribution in [2.75, 3.05) is 65.1 Å². The second-order valence-electron chi connectivity index (χ2n) is 4.66. The van der Waals surface area contributed by atoms with Crippen molar-refractivity contribution in [3.05, 3.63) is 4.88 Å². The number of nitrogens with two attached hydrogens (primary N) is 1. The Bertz CT molecular complexity index is 435. The first kappa shape index (κ1) is 16.7. The number of anilines is 2. The number of carbonyl (C=O) groups is 1. The number of methoxy groups -OCH3 is 1.